The standard InChI is InChI=1S/C14H22N2O13S3/c1-25-11-10(29-32(4,23)24)12(16-6-5-9(17)15-13(16)18)28-14(11,7-26-30(2,19)20)8-27-31(3,21)22/h5-6,10-12H,7-8H2,1-4H3,(H,15,17,18)/t10-,11-,12-/m1/s1. The van der Waals surface area contributed by atoms with E-state index in [9.17, 15) is 34.8 Å². The molecule has 1 saturated heterocycles. The second kappa shape index (κ2) is 9.29. The highest BCUT2D eigenvalue weighted by Crippen LogP contribution is 2.41. The lowest BCUT2D eigenvalue weighted by Crippen LogP contribution is -2.52. The average molecular weight is 523 g/mol. The zero-order valence-electron chi connectivity index (χ0n) is 17.3. The van der Waals surface area contributed by atoms with E-state index in [1.807, 2.05) is 4.98 Å². The average Bonchev–Trinajstić information content (AvgIpc) is 2.89. The van der Waals surface area contributed by atoms with Crippen molar-refractivity contribution in [3.8, 4) is 0 Å². The van der Waals surface area contributed by atoms with Gasteiger partial charge in [-0.2, -0.15) is 25.3 Å². The smallest absolute Gasteiger partial charge is 0.330 e. The number of aromatic nitrogens is 2. The summed E-state index contributed by atoms with van der Waals surface area (Å²) in [4.78, 5) is 25.7. The van der Waals surface area contributed by atoms with Gasteiger partial charge in [0, 0.05) is 19.4 Å². The summed E-state index contributed by atoms with van der Waals surface area (Å²) in [7, 11) is -11.3. The molecule has 1 aromatic rings. The third-order valence-electron chi connectivity index (χ3n) is 4.15. The Balaban J connectivity index is 2.67. The molecule has 32 heavy (non-hydrogen) atoms. The van der Waals surface area contributed by atoms with Crippen LogP contribution in [0.5, 0.6) is 0 Å². The van der Waals surface area contributed by atoms with E-state index in [4.69, 9.17) is 22.0 Å². The Morgan fingerprint density at radius 1 is 1.00 bits per heavy atom. The molecule has 184 valence electrons. The maximum atomic E-state index is 12.3. The van der Waals surface area contributed by atoms with E-state index in [-0.39, 0.29) is 0 Å². The molecule has 18 heteroatoms. The number of aromatic amines is 1. The minimum atomic E-state index is -4.21. The van der Waals surface area contributed by atoms with Gasteiger partial charge in [0.2, 0.25) is 0 Å². The molecule has 0 bridgehead atoms. The molecule has 0 aliphatic carbocycles. The van der Waals surface area contributed by atoms with Crippen LogP contribution in [0.4, 0.5) is 0 Å². The van der Waals surface area contributed by atoms with Crippen molar-refractivity contribution in [2.45, 2.75) is 24.0 Å². The van der Waals surface area contributed by atoms with Gasteiger partial charge in [0.25, 0.3) is 35.9 Å². The lowest BCUT2D eigenvalue weighted by atomic mass is 9.97. The van der Waals surface area contributed by atoms with Crippen molar-refractivity contribution >= 4 is 30.4 Å². The number of hydrogen-bond acceptors (Lipinski definition) is 13. The summed E-state index contributed by atoms with van der Waals surface area (Å²) in [5, 5.41) is 0. The predicted octanol–water partition coefficient (Wildman–Crippen LogP) is -2.88. The van der Waals surface area contributed by atoms with Crippen molar-refractivity contribution in [3.05, 3.63) is 33.1 Å². The fourth-order valence-electron chi connectivity index (χ4n) is 3.00. The first-order valence-electron chi connectivity index (χ1n) is 8.55. The summed E-state index contributed by atoms with van der Waals surface area (Å²) in [5.41, 5.74) is -3.88. The molecule has 15 nitrogen and oxygen atoms in total. The normalized spacial score (nSPS) is 23.9. The van der Waals surface area contributed by atoms with Gasteiger partial charge in [-0.25, -0.2) is 4.79 Å². The van der Waals surface area contributed by atoms with Crippen molar-refractivity contribution in [2.75, 3.05) is 39.1 Å². The predicted molar refractivity (Wildman–Crippen MR) is 106 cm³/mol. The summed E-state index contributed by atoms with van der Waals surface area (Å²) in [6.07, 6.45) is -1.71. The molecular formula is C14H22N2O13S3. The Morgan fingerprint density at radius 3 is 1.94 bits per heavy atom. The van der Waals surface area contributed by atoms with Crippen LogP contribution in [0.15, 0.2) is 21.9 Å². The monoisotopic (exact) mass is 522 g/mol. The van der Waals surface area contributed by atoms with Crippen LogP contribution in [0.1, 0.15) is 6.23 Å². The van der Waals surface area contributed by atoms with Gasteiger partial charge in [0.05, 0.1) is 18.8 Å². The van der Waals surface area contributed by atoms with Gasteiger partial charge in [-0.15, -0.1) is 0 Å². The van der Waals surface area contributed by atoms with Crippen LogP contribution in [0.3, 0.4) is 0 Å². The highest BCUT2D eigenvalue weighted by Gasteiger charge is 2.59. The van der Waals surface area contributed by atoms with Crippen molar-refractivity contribution in [1.29, 1.82) is 0 Å². The van der Waals surface area contributed by atoms with Crippen molar-refractivity contribution in [2.24, 2.45) is 0 Å². The summed E-state index contributed by atoms with van der Waals surface area (Å²) in [6, 6.07) is 0.935. The van der Waals surface area contributed by atoms with Crippen LogP contribution in [0.2, 0.25) is 0 Å². The second-order valence-electron chi connectivity index (χ2n) is 6.94. The zero-order valence-corrected chi connectivity index (χ0v) is 19.7. The summed E-state index contributed by atoms with van der Waals surface area (Å²) in [5.74, 6) is 0. The molecule has 2 rings (SSSR count). The first-order chi connectivity index (χ1) is 14.5. The number of H-pyrrole nitrogens is 1. The van der Waals surface area contributed by atoms with Gasteiger partial charge in [-0.1, -0.05) is 0 Å². The lowest BCUT2D eigenvalue weighted by Gasteiger charge is -2.32. The van der Waals surface area contributed by atoms with Crippen LogP contribution in [0.25, 0.3) is 0 Å². The quantitative estimate of drug-likeness (QED) is 0.307. The molecule has 1 N–H and O–H groups in total. The highest BCUT2D eigenvalue weighted by molar-refractivity contribution is 7.86. The Hall–Kier alpha value is -1.67. The Kier molecular flexibility index (Phi) is 7.72. The molecule has 0 aromatic carbocycles. The molecule has 3 atom stereocenters. The fourth-order valence-corrected chi connectivity index (χ4v) is 4.43. The third-order valence-corrected chi connectivity index (χ3v) is 5.82. The zero-order chi connectivity index (χ0) is 24.5. The summed E-state index contributed by atoms with van der Waals surface area (Å²) in [6.45, 7) is -1.78. The van der Waals surface area contributed by atoms with Crippen molar-refractivity contribution in [1.82, 2.24) is 9.55 Å². The van der Waals surface area contributed by atoms with Crippen molar-refractivity contribution in [3.63, 3.8) is 0 Å². The van der Waals surface area contributed by atoms with Crippen molar-refractivity contribution < 1.29 is 47.3 Å². The summed E-state index contributed by atoms with van der Waals surface area (Å²) < 4.78 is 96.4. The molecule has 1 aliphatic heterocycles. The SMILES string of the molecule is CO[C@@H]1[C@@H](OS(C)(=O)=O)[C@H](n2ccc(=O)[nH]c2=O)OC1(COS(C)(=O)=O)COS(C)(=O)=O. The van der Waals surface area contributed by atoms with Crippen LogP contribution < -0.4 is 11.2 Å². The Morgan fingerprint density at radius 2 is 1.53 bits per heavy atom. The number of rotatable bonds is 10. The van der Waals surface area contributed by atoms with E-state index in [2.05, 4.69) is 0 Å². The summed E-state index contributed by atoms with van der Waals surface area (Å²) >= 11 is 0. The van der Waals surface area contributed by atoms with Gasteiger partial charge < -0.3 is 9.47 Å². The van der Waals surface area contributed by atoms with E-state index in [1.54, 1.807) is 0 Å². The Bertz CT molecular complexity index is 1230. The van der Waals surface area contributed by atoms with Crippen LogP contribution in [-0.4, -0.2) is 91.7 Å². The lowest BCUT2D eigenvalue weighted by molar-refractivity contribution is -0.145. The molecule has 0 saturated carbocycles. The first kappa shape index (κ1) is 26.6. The van der Waals surface area contributed by atoms with Gasteiger partial charge in [-0.05, 0) is 0 Å². The minimum absolute atomic E-state index is 0.701. The van der Waals surface area contributed by atoms with Crippen LogP contribution >= 0.6 is 0 Å². The number of nitrogens with one attached hydrogen (secondary N) is 1. The third kappa shape index (κ3) is 6.91. The van der Waals surface area contributed by atoms with E-state index < -0.39 is 78.9 Å². The second-order valence-corrected chi connectivity index (χ2v) is 11.8. The number of hydrogen-bond donors (Lipinski definition) is 1. The number of nitrogens with zero attached hydrogens (tertiary/aromatic N) is 1. The molecule has 0 unspecified atom stereocenters. The fraction of sp³-hybridized carbons (Fsp3) is 0.714. The molecule has 2 heterocycles. The van der Waals surface area contributed by atoms with Gasteiger partial charge in [-0.3, -0.25) is 26.9 Å². The van der Waals surface area contributed by atoms with Gasteiger partial charge in [0.15, 0.2) is 12.3 Å². The largest absolute Gasteiger partial charge is 0.375 e. The molecule has 1 aromatic heterocycles. The maximum Gasteiger partial charge on any atom is 0.330 e. The highest BCUT2D eigenvalue weighted by atomic mass is 32.2. The molecule has 1 fully saturated rings. The molecule has 0 amide bonds. The van der Waals surface area contributed by atoms with Gasteiger partial charge >= 0.3 is 5.69 Å². The topological polar surface area (TPSA) is 203 Å². The first-order valence-corrected chi connectivity index (χ1v) is 14.0. The molecule has 1 aliphatic rings. The van der Waals surface area contributed by atoms with E-state index >= 15 is 0 Å². The molecule has 0 spiro atoms. The molecule has 0 radical (unpaired) electrons. The van der Waals surface area contributed by atoms with Crippen LogP contribution in [0, 0.1) is 0 Å². The van der Waals surface area contributed by atoms with E-state index in [1.165, 1.54) is 0 Å². The Labute approximate surface area is 183 Å². The number of methoxy groups -OCH3 is 1. The van der Waals surface area contributed by atoms with E-state index in [0.717, 1.165) is 23.9 Å². The number of ether oxygens (including phenoxy) is 2. The van der Waals surface area contributed by atoms with Crippen LogP contribution in [-0.2, 0) is 52.4 Å². The van der Waals surface area contributed by atoms with E-state index in [0.29, 0.717) is 18.8 Å². The van der Waals surface area contributed by atoms with Gasteiger partial charge in [0.1, 0.15) is 24.9 Å². The molecular weight excluding hydrogens is 500 g/mol. The minimum Gasteiger partial charge on any atom is -0.375 e. The maximum absolute atomic E-state index is 12.3.